The summed E-state index contributed by atoms with van der Waals surface area (Å²) in [6.45, 7) is 4.38. The van der Waals surface area contributed by atoms with Crippen molar-refractivity contribution in [3.63, 3.8) is 0 Å². The lowest BCUT2D eigenvalue weighted by atomic mass is 9.96. The zero-order valence-corrected chi connectivity index (χ0v) is 34.7. The maximum atomic E-state index is 5.22. The van der Waals surface area contributed by atoms with Crippen LogP contribution in [0.2, 0.25) is 0 Å². The molecule has 0 unspecified atom stereocenters. The molecule has 0 saturated heterocycles. The molecule has 0 spiro atoms. The van der Waals surface area contributed by atoms with Crippen molar-refractivity contribution < 1.29 is 0 Å². The quantitative estimate of drug-likeness (QED) is 0.138. The van der Waals surface area contributed by atoms with Gasteiger partial charge in [0, 0.05) is 45.3 Å². The molecule has 10 rings (SSSR count). The van der Waals surface area contributed by atoms with Gasteiger partial charge in [-0.3, -0.25) is 0 Å². The fraction of sp³-hybridized carbons (Fsp3) is 0.0345. The summed E-state index contributed by atoms with van der Waals surface area (Å²) in [4.78, 5) is 15.1. The minimum atomic E-state index is 0.859. The van der Waals surface area contributed by atoms with Crippen LogP contribution in [0.1, 0.15) is 11.1 Å². The van der Waals surface area contributed by atoms with E-state index in [2.05, 4.69) is 230 Å². The van der Waals surface area contributed by atoms with Gasteiger partial charge >= 0.3 is 0 Å². The number of hydrogen-bond donors (Lipinski definition) is 0. The number of rotatable bonds is 10. The van der Waals surface area contributed by atoms with Crippen LogP contribution in [-0.4, -0.2) is 9.97 Å². The van der Waals surface area contributed by atoms with Gasteiger partial charge in [-0.1, -0.05) is 146 Å². The number of benzene rings is 9. The van der Waals surface area contributed by atoms with Gasteiger partial charge in [0.05, 0.1) is 22.4 Å². The predicted octanol–water partition coefficient (Wildman–Crippen LogP) is 15.9. The number of fused-ring (bicyclic) bond motifs is 1. The third kappa shape index (κ3) is 7.62. The highest BCUT2D eigenvalue weighted by Crippen LogP contribution is 2.40. The Morgan fingerprint density at radius 1 is 0.274 bits per heavy atom. The maximum absolute atomic E-state index is 5.22. The van der Waals surface area contributed by atoms with Crippen LogP contribution < -0.4 is 9.80 Å². The standard InChI is InChI=1S/C58H44N4/c1-41-39-47(35-37-55(41)61(49-17-7-3-8-18-49)50-19-9-4-10-20-50)43-27-31-45(32-28-43)57-58(60-54-26-16-15-25-53(54)59-57)46-33-29-44(30-34-46)48-36-38-56(42(2)40-48)62(51-21-11-5-12-22-51)52-23-13-6-14-24-52/h3-40H,1-2H3. The first kappa shape index (κ1) is 38.1. The Labute approximate surface area is 363 Å². The van der Waals surface area contributed by atoms with Gasteiger partial charge < -0.3 is 9.80 Å². The van der Waals surface area contributed by atoms with E-state index in [0.29, 0.717) is 0 Å². The second-order valence-electron chi connectivity index (χ2n) is 15.6. The van der Waals surface area contributed by atoms with Gasteiger partial charge in [-0.15, -0.1) is 0 Å². The number of aryl methyl sites for hydroxylation is 2. The third-order valence-electron chi connectivity index (χ3n) is 11.5. The van der Waals surface area contributed by atoms with Gasteiger partial charge in [0.15, 0.2) is 0 Å². The molecule has 62 heavy (non-hydrogen) atoms. The summed E-state index contributed by atoms with van der Waals surface area (Å²) < 4.78 is 0. The normalized spacial score (nSPS) is 11.1. The number of aromatic nitrogens is 2. The summed E-state index contributed by atoms with van der Waals surface area (Å²) in [5, 5.41) is 0. The molecule has 9 aromatic carbocycles. The highest BCUT2D eigenvalue weighted by Gasteiger charge is 2.18. The van der Waals surface area contributed by atoms with E-state index < -0.39 is 0 Å². The Balaban J connectivity index is 0.955. The van der Waals surface area contributed by atoms with E-state index in [1.54, 1.807) is 0 Å². The minimum Gasteiger partial charge on any atom is -0.310 e. The van der Waals surface area contributed by atoms with Crippen molar-refractivity contribution in [3.8, 4) is 44.8 Å². The molecule has 0 saturated carbocycles. The number of para-hydroxylation sites is 6. The van der Waals surface area contributed by atoms with Crippen LogP contribution in [0.25, 0.3) is 55.8 Å². The van der Waals surface area contributed by atoms with E-state index in [1.807, 2.05) is 24.3 Å². The second-order valence-corrected chi connectivity index (χ2v) is 15.6. The molecule has 0 amide bonds. The smallest absolute Gasteiger partial charge is 0.0973 e. The molecule has 296 valence electrons. The Bertz CT molecular complexity index is 2820. The molecule has 10 aromatic rings. The Morgan fingerprint density at radius 3 is 0.855 bits per heavy atom. The largest absolute Gasteiger partial charge is 0.310 e. The van der Waals surface area contributed by atoms with E-state index in [9.17, 15) is 0 Å². The van der Waals surface area contributed by atoms with E-state index in [-0.39, 0.29) is 0 Å². The van der Waals surface area contributed by atoms with E-state index in [4.69, 9.17) is 9.97 Å². The molecular weight excluding hydrogens is 753 g/mol. The lowest BCUT2D eigenvalue weighted by molar-refractivity contribution is 1.25. The van der Waals surface area contributed by atoms with Gasteiger partial charge in [-0.25, -0.2) is 9.97 Å². The molecule has 4 heteroatoms. The van der Waals surface area contributed by atoms with Crippen LogP contribution >= 0.6 is 0 Å². The van der Waals surface area contributed by atoms with Crippen molar-refractivity contribution >= 4 is 45.2 Å². The Morgan fingerprint density at radius 2 is 0.548 bits per heavy atom. The van der Waals surface area contributed by atoms with E-state index in [0.717, 1.165) is 89.9 Å². The molecule has 0 bridgehead atoms. The van der Waals surface area contributed by atoms with Crippen molar-refractivity contribution in [2.45, 2.75) is 13.8 Å². The first-order valence-electron chi connectivity index (χ1n) is 21.1. The molecule has 0 atom stereocenters. The molecule has 0 fully saturated rings. The topological polar surface area (TPSA) is 32.3 Å². The summed E-state index contributed by atoms with van der Waals surface area (Å²) >= 11 is 0. The molecule has 1 aromatic heterocycles. The average Bonchev–Trinajstić information content (AvgIpc) is 3.34. The first-order valence-corrected chi connectivity index (χ1v) is 21.1. The van der Waals surface area contributed by atoms with Crippen molar-refractivity contribution in [2.75, 3.05) is 9.80 Å². The SMILES string of the molecule is Cc1cc(-c2ccc(-c3nc4ccccc4nc3-c3ccc(-c4ccc(N(c5ccccc5)c5ccccc5)c(C)c4)cc3)cc2)ccc1N(c1ccccc1)c1ccccc1. The first-order chi connectivity index (χ1) is 30.6. The summed E-state index contributed by atoms with van der Waals surface area (Å²) in [5.74, 6) is 0. The average molecular weight is 797 g/mol. The third-order valence-corrected chi connectivity index (χ3v) is 11.5. The molecule has 0 radical (unpaired) electrons. The fourth-order valence-corrected chi connectivity index (χ4v) is 8.38. The second kappa shape index (κ2) is 16.9. The summed E-state index contributed by atoms with van der Waals surface area (Å²) in [5.41, 5.74) is 19.3. The van der Waals surface area contributed by atoms with Crippen molar-refractivity contribution in [3.05, 3.63) is 242 Å². The molecular formula is C58H44N4. The molecule has 0 aliphatic rings. The predicted molar refractivity (Wildman–Crippen MR) is 260 cm³/mol. The molecule has 0 aliphatic carbocycles. The van der Waals surface area contributed by atoms with Gasteiger partial charge in [0.25, 0.3) is 0 Å². The number of nitrogens with zero attached hydrogens (tertiary/aromatic N) is 4. The maximum Gasteiger partial charge on any atom is 0.0973 e. The monoisotopic (exact) mass is 796 g/mol. The molecule has 1 heterocycles. The molecule has 4 nitrogen and oxygen atoms in total. The zero-order chi connectivity index (χ0) is 41.8. The van der Waals surface area contributed by atoms with E-state index in [1.165, 1.54) is 11.1 Å². The van der Waals surface area contributed by atoms with Crippen molar-refractivity contribution in [2.24, 2.45) is 0 Å². The van der Waals surface area contributed by atoms with Gasteiger partial charge in [-0.05, 0) is 132 Å². The van der Waals surface area contributed by atoms with E-state index >= 15 is 0 Å². The zero-order valence-electron chi connectivity index (χ0n) is 34.7. The minimum absolute atomic E-state index is 0.859. The molecule has 0 N–H and O–H groups in total. The van der Waals surface area contributed by atoms with Crippen LogP contribution in [0.4, 0.5) is 34.1 Å². The van der Waals surface area contributed by atoms with Crippen molar-refractivity contribution in [1.29, 1.82) is 0 Å². The number of hydrogen-bond acceptors (Lipinski definition) is 4. The summed E-state index contributed by atoms with van der Waals surface area (Å²) in [6, 6.07) is 81.2. The van der Waals surface area contributed by atoms with Crippen LogP contribution in [-0.2, 0) is 0 Å². The highest BCUT2D eigenvalue weighted by molar-refractivity contribution is 5.88. The van der Waals surface area contributed by atoms with Crippen molar-refractivity contribution in [1.82, 2.24) is 9.97 Å². The van der Waals surface area contributed by atoms with Gasteiger partial charge in [0.2, 0.25) is 0 Å². The lowest BCUT2D eigenvalue weighted by Gasteiger charge is -2.27. The lowest BCUT2D eigenvalue weighted by Crippen LogP contribution is -2.11. The van der Waals surface area contributed by atoms with Crippen LogP contribution in [0.15, 0.2) is 231 Å². The summed E-state index contributed by atoms with van der Waals surface area (Å²) in [7, 11) is 0. The van der Waals surface area contributed by atoms with Gasteiger partial charge in [0.1, 0.15) is 0 Å². The molecule has 0 aliphatic heterocycles. The van der Waals surface area contributed by atoms with Crippen LogP contribution in [0.3, 0.4) is 0 Å². The fourth-order valence-electron chi connectivity index (χ4n) is 8.38. The Kier molecular flexibility index (Phi) is 10.4. The summed E-state index contributed by atoms with van der Waals surface area (Å²) in [6.07, 6.45) is 0. The van der Waals surface area contributed by atoms with Crippen LogP contribution in [0.5, 0.6) is 0 Å². The highest BCUT2D eigenvalue weighted by atomic mass is 15.1. The van der Waals surface area contributed by atoms with Gasteiger partial charge in [-0.2, -0.15) is 0 Å². The number of anilines is 6. The van der Waals surface area contributed by atoms with Crippen LogP contribution in [0, 0.1) is 13.8 Å². The Hall–Kier alpha value is -8.08.